The first-order valence-corrected chi connectivity index (χ1v) is 9.12. The van der Waals surface area contributed by atoms with Gasteiger partial charge in [-0.05, 0) is 26.0 Å². The summed E-state index contributed by atoms with van der Waals surface area (Å²) < 4.78 is 0. The molecule has 25 heavy (non-hydrogen) atoms. The van der Waals surface area contributed by atoms with Crippen molar-refractivity contribution in [1.29, 1.82) is 0 Å². The second-order valence-corrected chi connectivity index (χ2v) is 6.95. The van der Waals surface area contributed by atoms with Gasteiger partial charge in [0.25, 0.3) is 0 Å². The summed E-state index contributed by atoms with van der Waals surface area (Å²) in [5.74, 6) is 0. The Kier molecular flexibility index (Phi) is 7.68. The summed E-state index contributed by atoms with van der Waals surface area (Å²) >= 11 is 0. The van der Waals surface area contributed by atoms with Crippen LogP contribution in [0.3, 0.4) is 0 Å². The topological polar surface area (TPSA) is 59.1 Å². The lowest BCUT2D eigenvalue weighted by molar-refractivity contribution is 0.0887. The number of amides is 2. The molecule has 0 aliphatic carbocycles. The van der Waals surface area contributed by atoms with Crippen molar-refractivity contribution in [3.8, 4) is 0 Å². The van der Waals surface area contributed by atoms with E-state index in [1.807, 2.05) is 6.92 Å². The molecule has 1 aliphatic heterocycles. The molecule has 1 saturated heterocycles. The fraction of sp³-hybridized carbons (Fsp3) is 0.632. The Labute approximate surface area is 151 Å². The molecule has 1 aliphatic rings. The van der Waals surface area contributed by atoms with E-state index in [2.05, 4.69) is 52.5 Å². The SMILES string of the molecule is CC(CO)N(C)C(=O)NCCCN1CCN(C)CC1c1ccccc1. The second-order valence-electron chi connectivity index (χ2n) is 6.95. The average Bonchev–Trinajstić information content (AvgIpc) is 2.65. The summed E-state index contributed by atoms with van der Waals surface area (Å²) in [5, 5.41) is 12.1. The highest BCUT2D eigenvalue weighted by molar-refractivity contribution is 5.74. The lowest BCUT2D eigenvalue weighted by Gasteiger charge is -2.40. The fourth-order valence-corrected chi connectivity index (χ4v) is 3.14. The van der Waals surface area contributed by atoms with Crippen molar-refractivity contribution >= 4 is 6.03 Å². The first kappa shape index (κ1) is 19.7. The number of carbonyl (C=O) groups is 1. The molecule has 1 fully saturated rings. The quantitative estimate of drug-likeness (QED) is 0.731. The molecule has 2 atom stereocenters. The highest BCUT2D eigenvalue weighted by Crippen LogP contribution is 2.24. The Morgan fingerprint density at radius 3 is 2.76 bits per heavy atom. The van der Waals surface area contributed by atoms with Crippen LogP contribution in [0, 0.1) is 0 Å². The van der Waals surface area contributed by atoms with Gasteiger partial charge in [0.2, 0.25) is 0 Å². The predicted octanol–water partition coefficient (Wildman–Crippen LogP) is 1.39. The smallest absolute Gasteiger partial charge is 0.317 e. The Bertz CT molecular complexity index is 525. The summed E-state index contributed by atoms with van der Waals surface area (Å²) in [4.78, 5) is 18.4. The summed E-state index contributed by atoms with van der Waals surface area (Å²) in [6.07, 6.45) is 0.917. The molecule has 6 heteroatoms. The van der Waals surface area contributed by atoms with Crippen LogP contribution in [-0.4, -0.2) is 85.3 Å². The van der Waals surface area contributed by atoms with E-state index in [4.69, 9.17) is 5.11 Å². The normalized spacial score (nSPS) is 20.2. The number of nitrogens with one attached hydrogen (secondary N) is 1. The number of rotatable bonds is 7. The van der Waals surface area contributed by atoms with Gasteiger partial charge in [0.1, 0.15) is 0 Å². The van der Waals surface area contributed by atoms with Crippen LogP contribution in [0.5, 0.6) is 0 Å². The highest BCUT2D eigenvalue weighted by Gasteiger charge is 2.26. The van der Waals surface area contributed by atoms with E-state index in [9.17, 15) is 4.79 Å². The number of carbonyl (C=O) groups excluding carboxylic acids is 1. The number of aliphatic hydroxyl groups is 1. The van der Waals surface area contributed by atoms with E-state index in [-0.39, 0.29) is 18.7 Å². The number of aliphatic hydroxyl groups excluding tert-OH is 1. The minimum Gasteiger partial charge on any atom is -0.394 e. The molecular formula is C19H32N4O2. The summed E-state index contributed by atoms with van der Waals surface area (Å²) in [6.45, 7) is 6.57. The Morgan fingerprint density at radius 2 is 2.08 bits per heavy atom. The maximum Gasteiger partial charge on any atom is 0.317 e. The molecule has 2 unspecified atom stereocenters. The molecule has 1 aromatic rings. The third-order valence-corrected chi connectivity index (χ3v) is 5.02. The first-order chi connectivity index (χ1) is 12.0. The van der Waals surface area contributed by atoms with Crippen molar-refractivity contribution < 1.29 is 9.90 Å². The molecule has 0 aromatic heterocycles. The van der Waals surface area contributed by atoms with E-state index < -0.39 is 0 Å². The lowest BCUT2D eigenvalue weighted by atomic mass is 10.0. The van der Waals surface area contributed by atoms with Gasteiger partial charge in [-0.15, -0.1) is 0 Å². The van der Waals surface area contributed by atoms with Crippen LogP contribution < -0.4 is 5.32 Å². The van der Waals surface area contributed by atoms with Crippen molar-refractivity contribution in [3.05, 3.63) is 35.9 Å². The van der Waals surface area contributed by atoms with Crippen LogP contribution in [0.1, 0.15) is 24.9 Å². The molecular weight excluding hydrogens is 316 g/mol. The number of hydrogen-bond donors (Lipinski definition) is 2. The average molecular weight is 348 g/mol. The van der Waals surface area contributed by atoms with Gasteiger partial charge in [0, 0.05) is 45.8 Å². The molecule has 0 bridgehead atoms. The van der Waals surface area contributed by atoms with Crippen LogP contribution in [0.2, 0.25) is 0 Å². The van der Waals surface area contributed by atoms with Crippen LogP contribution in [-0.2, 0) is 0 Å². The minimum absolute atomic E-state index is 0.0238. The Balaban J connectivity index is 1.81. The molecule has 2 rings (SSSR count). The molecule has 0 spiro atoms. The largest absolute Gasteiger partial charge is 0.394 e. The first-order valence-electron chi connectivity index (χ1n) is 9.12. The van der Waals surface area contributed by atoms with Crippen molar-refractivity contribution in [1.82, 2.24) is 20.0 Å². The van der Waals surface area contributed by atoms with Crippen molar-refractivity contribution in [3.63, 3.8) is 0 Å². The number of piperazine rings is 1. The van der Waals surface area contributed by atoms with E-state index in [0.717, 1.165) is 32.6 Å². The van der Waals surface area contributed by atoms with Crippen molar-refractivity contribution in [2.75, 3.05) is 53.4 Å². The zero-order valence-electron chi connectivity index (χ0n) is 15.7. The van der Waals surface area contributed by atoms with E-state index in [0.29, 0.717) is 12.6 Å². The fourth-order valence-electron chi connectivity index (χ4n) is 3.14. The lowest BCUT2D eigenvalue weighted by Crippen LogP contribution is -2.48. The molecule has 0 radical (unpaired) electrons. The highest BCUT2D eigenvalue weighted by atomic mass is 16.3. The van der Waals surface area contributed by atoms with E-state index in [1.165, 1.54) is 5.56 Å². The van der Waals surface area contributed by atoms with E-state index >= 15 is 0 Å². The molecule has 2 amide bonds. The number of benzene rings is 1. The standard InChI is InChI=1S/C19H32N4O2/c1-16(15-24)22(3)19(25)20-10-7-11-23-13-12-21(2)14-18(23)17-8-5-4-6-9-17/h4-6,8-9,16,18,24H,7,10-15H2,1-3H3,(H,20,25). The molecule has 6 nitrogen and oxygen atoms in total. The molecule has 140 valence electrons. The van der Waals surface area contributed by atoms with Crippen LogP contribution in [0.15, 0.2) is 30.3 Å². The number of nitrogens with zero attached hydrogens (tertiary/aromatic N) is 3. The van der Waals surface area contributed by atoms with Crippen LogP contribution in [0.4, 0.5) is 4.79 Å². The van der Waals surface area contributed by atoms with Gasteiger partial charge >= 0.3 is 6.03 Å². The Morgan fingerprint density at radius 1 is 1.36 bits per heavy atom. The maximum absolute atomic E-state index is 12.0. The van der Waals surface area contributed by atoms with Gasteiger partial charge < -0.3 is 20.2 Å². The zero-order chi connectivity index (χ0) is 18.2. The van der Waals surface area contributed by atoms with Gasteiger partial charge in [-0.3, -0.25) is 4.90 Å². The summed E-state index contributed by atoms with van der Waals surface area (Å²) in [7, 11) is 3.88. The predicted molar refractivity (Wildman–Crippen MR) is 101 cm³/mol. The number of likely N-dealkylation sites (N-methyl/N-ethyl adjacent to an activating group) is 2. The van der Waals surface area contributed by atoms with Gasteiger partial charge in [-0.25, -0.2) is 4.79 Å². The monoisotopic (exact) mass is 348 g/mol. The van der Waals surface area contributed by atoms with Crippen LogP contribution in [0.25, 0.3) is 0 Å². The van der Waals surface area contributed by atoms with Crippen molar-refractivity contribution in [2.24, 2.45) is 0 Å². The van der Waals surface area contributed by atoms with Crippen molar-refractivity contribution in [2.45, 2.75) is 25.4 Å². The van der Waals surface area contributed by atoms with E-state index in [1.54, 1.807) is 11.9 Å². The second kappa shape index (κ2) is 9.75. The molecule has 2 N–H and O–H groups in total. The zero-order valence-corrected chi connectivity index (χ0v) is 15.7. The molecule has 1 heterocycles. The molecule has 1 aromatic carbocycles. The summed E-state index contributed by atoms with van der Waals surface area (Å²) in [6, 6.07) is 10.8. The summed E-state index contributed by atoms with van der Waals surface area (Å²) in [5.41, 5.74) is 1.36. The number of hydrogen-bond acceptors (Lipinski definition) is 4. The number of urea groups is 1. The third-order valence-electron chi connectivity index (χ3n) is 5.02. The van der Waals surface area contributed by atoms with Gasteiger partial charge in [-0.2, -0.15) is 0 Å². The minimum atomic E-state index is -0.167. The molecule has 0 saturated carbocycles. The third kappa shape index (κ3) is 5.70. The van der Waals surface area contributed by atoms with Gasteiger partial charge in [0.15, 0.2) is 0 Å². The van der Waals surface area contributed by atoms with Crippen LogP contribution >= 0.6 is 0 Å². The van der Waals surface area contributed by atoms with Gasteiger partial charge in [0.05, 0.1) is 12.6 Å². The maximum atomic E-state index is 12.0. The Hall–Kier alpha value is -1.63. The van der Waals surface area contributed by atoms with Gasteiger partial charge in [-0.1, -0.05) is 30.3 Å².